The molecule has 0 radical (unpaired) electrons. The van der Waals surface area contributed by atoms with Crippen LogP contribution in [0.5, 0.6) is 0 Å². The number of halogens is 2. The van der Waals surface area contributed by atoms with Crippen molar-refractivity contribution in [3.63, 3.8) is 0 Å². The van der Waals surface area contributed by atoms with Crippen molar-refractivity contribution in [2.45, 2.75) is 13.3 Å². The highest BCUT2D eigenvalue weighted by Crippen LogP contribution is 2.25. The average molecular weight is 346 g/mol. The van der Waals surface area contributed by atoms with Gasteiger partial charge < -0.3 is 0 Å². The molecule has 0 saturated heterocycles. The van der Waals surface area contributed by atoms with Crippen LogP contribution in [0, 0.1) is 6.92 Å². The monoisotopic (exact) mass is 345 g/mol. The summed E-state index contributed by atoms with van der Waals surface area (Å²) in [6.45, 7) is 1.84. The Morgan fingerprint density at radius 2 is 1.91 bits per heavy atom. The second-order valence-corrected chi connectivity index (χ2v) is 5.82. The van der Waals surface area contributed by atoms with Crippen LogP contribution in [0.4, 0.5) is 0 Å². The van der Waals surface area contributed by atoms with Crippen LogP contribution < -0.4 is 0 Å². The van der Waals surface area contributed by atoms with E-state index in [-0.39, 0.29) is 0 Å². The molecule has 4 nitrogen and oxygen atoms in total. The van der Waals surface area contributed by atoms with Gasteiger partial charge in [-0.1, -0.05) is 41.9 Å². The van der Waals surface area contributed by atoms with Crippen LogP contribution in [-0.2, 0) is 6.42 Å². The first kappa shape index (κ1) is 15.7. The smallest absolute Gasteiger partial charge is 0.271 e. The van der Waals surface area contributed by atoms with Crippen LogP contribution in [0.1, 0.15) is 27.3 Å². The van der Waals surface area contributed by atoms with E-state index >= 15 is 0 Å². The first-order chi connectivity index (χ1) is 11.1. The van der Waals surface area contributed by atoms with Gasteiger partial charge >= 0.3 is 0 Å². The van der Waals surface area contributed by atoms with E-state index in [1.54, 1.807) is 18.3 Å². The fraction of sp³-hybridized carbons (Fsp3) is 0.118. The number of hydrogen-bond donors (Lipinski definition) is 0. The third-order valence-corrected chi connectivity index (χ3v) is 4.01. The quantitative estimate of drug-likeness (QED) is 0.665. The number of aromatic nitrogens is 3. The second kappa shape index (κ2) is 6.52. The first-order valence-electron chi connectivity index (χ1n) is 7.01. The predicted molar refractivity (Wildman–Crippen MR) is 90.5 cm³/mol. The van der Waals surface area contributed by atoms with Crippen molar-refractivity contribution in [2.75, 3.05) is 0 Å². The number of benzene rings is 1. The van der Waals surface area contributed by atoms with Crippen LogP contribution in [0.3, 0.4) is 0 Å². The van der Waals surface area contributed by atoms with E-state index in [9.17, 15) is 4.79 Å². The van der Waals surface area contributed by atoms with E-state index in [1.165, 1.54) is 4.68 Å². The zero-order valence-electron chi connectivity index (χ0n) is 12.3. The lowest BCUT2D eigenvalue weighted by molar-refractivity contribution is 0.107. The highest BCUT2D eigenvalue weighted by atomic mass is 35.5. The molecule has 3 rings (SSSR count). The van der Waals surface area contributed by atoms with Gasteiger partial charge in [0, 0.05) is 18.2 Å². The Morgan fingerprint density at radius 3 is 2.57 bits per heavy atom. The van der Waals surface area contributed by atoms with E-state index < -0.39 is 5.24 Å². The number of carbonyl (C=O) groups excluding carboxylic acids is 1. The van der Waals surface area contributed by atoms with E-state index in [0.717, 1.165) is 16.8 Å². The maximum absolute atomic E-state index is 12.0. The lowest BCUT2D eigenvalue weighted by Gasteiger charge is -2.07. The second-order valence-electron chi connectivity index (χ2n) is 5.07. The normalized spacial score (nSPS) is 10.7. The molecule has 2 aromatic heterocycles. The Labute approximate surface area is 143 Å². The Bertz CT molecular complexity index is 860. The van der Waals surface area contributed by atoms with E-state index in [1.807, 2.05) is 37.3 Å². The summed E-state index contributed by atoms with van der Waals surface area (Å²) in [5.41, 5.74) is 2.87. The van der Waals surface area contributed by atoms with Crippen molar-refractivity contribution < 1.29 is 4.79 Å². The van der Waals surface area contributed by atoms with Crippen LogP contribution in [-0.4, -0.2) is 20.0 Å². The molecular weight excluding hydrogens is 333 g/mol. The zero-order chi connectivity index (χ0) is 16.4. The van der Waals surface area contributed by atoms with Gasteiger partial charge in [-0.3, -0.25) is 4.79 Å². The number of nitrogens with zero attached hydrogens (tertiary/aromatic N) is 3. The molecule has 0 amide bonds. The summed E-state index contributed by atoms with van der Waals surface area (Å²) in [6, 6.07) is 13.2. The third kappa shape index (κ3) is 3.14. The van der Waals surface area contributed by atoms with Gasteiger partial charge in [-0.15, -0.1) is 0 Å². The maximum Gasteiger partial charge on any atom is 0.271 e. The molecule has 1 aromatic carbocycles. The van der Waals surface area contributed by atoms with Gasteiger partial charge in [0.25, 0.3) is 5.24 Å². The first-order valence-corrected chi connectivity index (χ1v) is 7.76. The largest absolute Gasteiger partial charge is 0.274 e. The van der Waals surface area contributed by atoms with Crippen molar-refractivity contribution in [3.8, 4) is 5.82 Å². The van der Waals surface area contributed by atoms with Crippen molar-refractivity contribution >= 4 is 28.4 Å². The fourth-order valence-corrected chi connectivity index (χ4v) is 2.86. The van der Waals surface area contributed by atoms with E-state index in [0.29, 0.717) is 23.0 Å². The summed E-state index contributed by atoms with van der Waals surface area (Å²) in [5, 5.41) is 4.24. The molecule has 0 aliphatic heterocycles. The Balaban J connectivity index is 2.15. The van der Waals surface area contributed by atoms with Crippen molar-refractivity contribution in [3.05, 3.63) is 76.2 Å². The minimum atomic E-state index is -0.585. The van der Waals surface area contributed by atoms with Gasteiger partial charge in [-0.25, -0.2) is 9.67 Å². The number of aryl methyl sites for hydroxylation is 1. The zero-order valence-corrected chi connectivity index (χ0v) is 13.8. The lowest BCUT2D eigenvalue weighted by Crippen LogP contribution is -2.09. The minimum absolute atomic E-state index is 0.300. The van der Waals surface area contributed by atoms with Crippen molar-refractivity contribution in [1.82, 2.24) is 14.8 Å². The molecule has 0 aliphatic carbocycles. The fourth-order valence-electron chi connectivity index (χ4n) is 2.46. The summed E-state index contributed by atoms with van der Waals surface area (Å²) in [4.78, 5) is 16.2. The highest BCUT2D eigenvalue weighted by molar-refractivity contribution is 6.67. The van der Waals surface area contributed by atoms with E-state index in [4.69, 9.17) is 23.2 Å². The van der Waals surface area contributed by atoms with Gasteiger partial charge in [0.1, 0.15) is 5.69 Å². The molecular formula is C17H13Cl2N3O. The topological polar surface area (TPSA) is 47.8 Å². The van der Waals surface area contributed by atoms with Gasteiger partial charge in [-0.2, -0.15) is 5.10 Å². The Hall–Kier alpha value is -2.17. The molecule has 23 heavy (non-hydrogen) atoms. The summed E-state index contributed by atoms with van der Waals surface area (Å²) >= 11 is 12.0. The van der Waals surface area contributed by atoms with Gasteiger partial charge in [-0.05, 0) is 36.2 Å². The van der Waals surface area contributed by atoms with E-state index in [2.05, 4.69) is 10.1 Å². The van der Waals surface area contributed by atoms with Crippen molar-refractivity contribution in [1.29, 1.82) is 0 Å². The molecule has 0 atom stereocenters. The molecule has 116 valence electrons. The van der Waals surface area contributed by atoms with Gasteiger partial charge in [0.15, 0.2) is 5.82 Å². The number of pyridine rings is 1. The third-order valence-electron chi connectivity index (χ3n) is 3.53. The Kier molecular flexibility index (Phi) is 4.46. The van der Waals surface area contributed by atoms with Crippen LogP contribution in [0.25, 0.3) is 5.82 Å². The molecule has 0 aliphatic rings. The standard InChI is InChI=1S/C17H13Cl2N3O/c1-11-13(10-12-6-3-2-4-7-12)15(16(19)23)22(21-11)17-14(18)8-5-9-20-17/h2-9H,10H2,1H3. The van der Waals surface area contributed by atoms with Crippen molar-refractivity contribution in [2.24, 2.45) is 0 Å². The number of rotatable bonds is 4. The summed E-state index contributed by atoms with van der Waals surface area (Å²) in [5.74, 6) is 0.389. The molecule has 6 heteroatoms. The number of hydrogen-bond acceptors (Lipinski definition) is 3. The molecule has 2 heterocycles. The average Bonchev–Trinajstić information content (AvgIpc) is 2.85. The summed E-state index contributed by atoms with van der Waals surface area (Å²) < 4.78 is 1.42. The molecule has 0 N–H and O–H groups in total. The van der Waals surface area contributed by atoms with Gasteiger partial charge in [0.05, 0.1) is 10.7 Å². The molecule has 0 saturated carbocycles. The summed E-state index contributed by atoms with van der Waals surface area (Å²) in [6.07, 6.45) is 2.16. The SMILES string of the molecule is Cc1nn(-c2ncccc2Cl)c(C(=O)Cl)c1Cc1ccccc1. The molecule has 0 bridgehead atoms. The molecule has 0 unspecified atom stereocenters. The van der Waals surface area contributed by atoms with Crippen LogP contribution in [0.15, 0.2) is 48.7 Å². The summed E-state index contributed by atoms with van der Waals surface area (Å²) in [7, 11) is 0. The highest BCUT2D eigenvalue weighted by Gasteiger charge is 2.23. The van der Waals surface area contributed by atoms with Crippen LogP contribution >= 0.6 is 23.2 Å². The molecule has 3 aromatic rings. The maximum atomic E-state index is 12.0. The lowest BCUT2D eigenvalue weighted by atomic mass is 10.0. The Morgan fingerprint density at radius 1 is 1.17 bits per heavy atom. The van der Waals surface area contributed by atoms with Gasteiger partial charge in [0.2, 0.25) is 0 Å². The van der Waals surface area contributed by atoms with Crippen LogP contribution in [0.2, 0.25) is 5.02 Å². The molecule has 0 fully saturated rings. The molecule has 0 spiro atoms. The predicted octanol–water partition coefficient (Wildman–Crippen LogP) is 4.20. The minimum Gasteiger partial charge on any atom is -0.274 e. The number of carbonyl (C=O) groups is 1.